The number of nitrogens with one attached hydrogen (secondary N) is 1. The van der Waals surface area contributed by atoms with Crippen molar-refractivity contribution in [3.8, 4) is 11.4 Å². The number of hydrogen-bond donors (Lipinski definition) is 1. The number of anilines is 1. The van der Waals surface area contributed by atoms with Crippen LogP contribution in [0.25, 0.3) is 5.69 Å². The SMILES string of the molecule is COc1ccc(C)cc1NC(=O)c1nn(-c2ccccc2F)c(C)cc1=O. The Kier molecular flexibility index (Phi) is 5.03. The Balaban J connectivity index is 2.04. The van der Waals surface area contributed by atoms with Crippen LogP contribution in [-0.4, -0.2) is 22.8 Å². The molecule has 0 aliphatic heterocycles. The van der Waals surface area contributed by atoms with Gasteiger partial charge in [-0.3, -0.25) is 9.59 Å². The molecule has 0 aliphatic rings. The number of amides is 1. The van der Waals surface area contributed by atoms with Crippen molar-refractivity contribution >= 4 is 11.6 Å². The monoisotopic (exact) mass is 367 g/mol. The van der Waals surface area contributed by atoms with Gasteiger partial charge < -0.3 is 10.1 Å². The van der Waals surface area contributed by atoms with Gasteiger partial charge in [-0.1, -0.05) is 18.2 Å². The Morgan fingerprint density at radius 1 is 1.15 bits per heavy atom. The maximum Gasteiger partial charge on any atom is 0.280 e. The summed E-state index contributed by atoms with van der Waals surface area (Å²) in [7, 11) is 1.48. The standard InChI is InChI=1S/C20H18FN3O3/c1-12-8-9-18(27-3)15(10-12)22-20(26)19-17(25)11-13(2)24(23-19)16-7-5-4-6-14(16)21/h4-11H,1-3H3,(H,22,26). The highest BCUT2D eigenvalue weighted by Crippen LogP contribution is 2.25. The molecule has 2 aromatic carbocycles. The molecule has 0 bridgehead atoms. The van der Waals surface area contributed by atoms with E-state index in [4.69, 9.17) is 4.74 Å². The fourth-order valence-corrected chi connectivity index (χ4v) is 2.67. The lowest BCUT2D eigenvalue weighted by Crippen LogP contribution is -2.27. The number of para-hydroxylation sites is 1. The van der Waals surface area contributed by atoms with Gasteiger partial charge >= 0.3 is 0 Å². The van der Waals surface area contributed by atoms with E-state index in [-0.39, 0.29) is 11.4 Å². The minimum atomic E-state index is -0.700. The van der Waals surface area contributed by atoms with Gasteiger partial charge in [0.2, 0.25) is 5.43 Å². The molecule has 6 nitrogen and oxygen atoms in total. The Bertz CT molecular complexity index is 1080. The lowest BCUT2D eigenvalue weighted by atomic mass is 10.2. The summed E-state index contributed by atoms with van der Waals surface area (Å²) < 4.78 is 20.6. The van der Waals surface area contributed by atoms with Gasteiger partial charge in [0, 0.05) is 11.8 Å². The molecule has 0 atom stereocenters. The zero-order chi connectivity index (χ0) is 19.6. The molecular weight excluding hydrogens is 349 g/mol. The number of methoxy groups -OCH3 is 1. The smallest absolute Gasteiger partial charge is 0.280 e. The van der Waals surface area contributed by atoms with Crippen LogP contribution in [0.5, 0.6) is 5.75 Å². The van der Waals surface area contributed by atoms with Crippen molar-refractivity contribution in [2.75, 3.05) is 12.4 Å². The van der Waals surface area contributed by atoms with E-state index in [0.29, 0.717) is 17.1 Å². The van der Waals surface area contributed by atoms with Crippen molar-refractivity contribution in [2.45, 2.75) is 13.8 Å². The van der Waals surface area contributed by atoms with Gasteiger partial charge in [-0.2, -0.15) is 5.10 Å². The average molecular weight is 367 g/mol. The highest BCUT2D eigenvalue weighted by Gasteiger charge is 2.18. The van der Waals surface area contributed by atoms with E-state index in [9.17, 15) is 14.0 Å². The molecule has 0 aliphatic carbocycles. The maximum atomic E-state index is 14.1. The number of hydrogen-bond acceptors (Lipinski definition) is 4. The lowest BCUT2D eigenvalue weighted by molar-refractivity contribution is 0.101. The molecule has 1 amide bonds. The molecule has 0 fully saturated rings. The number of rotatable bonds is 4. The van der Waals surface area contributed by atoms with Gasteiger partial charge in [0.15, 0.2) is 5.69 Å². The molecule has 138 valence electrons. The normalized spacial score (nSPS) is 10.5. The summed E-state index contributed by atoms with van der Waals surface area (Å²) in [6.07, 6.45) is 0. The summed E-state index contributed by atoms with van der Waals surface area (Å²) in [6, 6.07) is 12.5. The number of carbonyl (C=O) groups is 1. The average Bonchev–Trinajstić information content (AvgIpc) is 2.63. The minimum Gasteiger partial charge on any atom is -0.495 e. The van der Waals surface area contributed by atoms with E-state index in [1.807, 2.05) is 13.0 Å². The molecule has 1 N–H and O–H groups in total. The quantitative estimate of drug-likeness (QED) is 0.768. The highest BCUT2D eigenvalue weighted by molar-refractivity contribution is 6.03. The number of aromatic nitrogens is 2. The molecule has 0 unspecified atom stereocenters. The van der Waals surface area contributed by atoms with E-state index < -0.39 is 17.2 Å². The third-order valence-electron chi connectivity index (χ3n) is 4.01. The molecule has 7 heteroatoms. The molecule has 27 heavy (non-hydrogen) atoms. The minimum absolute atomic E-state index is 0.150. The summed E-state index contributed by atoms with van der Waals surface area (Å²) in [5, 5.41) is 6.73. The van der Waals surface area contributed by atoms with E-state index in [2.05, 4.69) is 10.4 Å². The first-order valence-corrected chi connectivity index (χ1v) is 8.22. The van der Waals surface area contributed by atoms with E-state index in [0.717, 1.165) is 5.56 Å². The lowest BCUT2D eigenvalue weighted by Gasteiger charge is -2.13. The van der Waals surface area contributed by atoms with Crippen LogP contribution in [0.3, 0.4) is 0 Å². The number of halogens is 1. The molecule has 3 rings (SSSR count). The number of carbonyl (C=O) groups excluding carboxylic acids is 1. The van der Waals surface area contributed by atoms with E-state index in [1.165, 1.54) is 30.0 Å². The van der Waals surface area contributed by atoms with Crippen LogP contribution < -0.4 is 15.5 Å². The Morgan fingerprint density at radius 2 is 1.89 bits per heavy atom. The van der Waals surface area contributed by atoms with Crippen molar-refractivity contribution in [1.82, 2.24) is 9.78 Å². The van der Waals surface area contributed by atoms with Gasteiger partial charge in [-0.05, 0) is 43.7 Å². The van der Waals surface area contributed by atoms with Gasteiger partial charge in [-0.15, -0.1) is 0 Å². The van der Waals surface area contributed by atoms with Crippen molar-refractivity contribution in [1.29, 1.82) is 0 Å². The predicted octanol–water partition coefficient (Wildman–Crippen LogP) is 3.25. The van der Waals surface area contributed by atoms with Gasteiger partial charge in [0.25, 0.3) is 5.91 Å². The molecule has 0 radical (unpaired) electrons. The first kappa shape index (κ1) is 18.3. The van der Waals surface area contributed by atoms with Crippen molar-refractivity contribution in [3.05, 3.63) is 81.5 Å². The zero-order valence-corrected chi connectivity index (χ0v) is 15.1. The topological polar surface area (TPSA) is 73.2 Å². The molecule has 0 saturated heterocycles. The fraction of sp³-hybridized carbons (Fsp3) is 0.150. The second-order valence-corrected chi connectivity index (χ2v) is 6.02. The molecule has 3 aromatic rings. The molecule has 0 saturated carbocycles. The summed E-state index contributed by atoms with van der Waals surface area (Å²) in [5.74, 6) is -0.757. The van der Waals surface area contributed by atoms with Crippen molar-refractivity contribution in [2.24, 2.45) is 0 Å². The van der Waals surface area contributed by atoms with Crippen LogP contribution in [0.15, 0.2) is 53.3 Å². The number of ether oxygens (including phenoxy) is 1. The number of benzene rings is 2. The van der Waals surface area contributed by atoms with Gasteiger partial charge in [-0.25, -0.2) is 9.07 Å². The van der Waals surface area contributed by atoms with E-state index in [1.54, 1.807) is 31.2 Å². The molecule has 1 heterocycles. The van der Waals surface area contributed by atoms with Crippen molar-refractivity contribution in [3.63, 3.8) is 0 Å². The first-order chi connectivity index (χ1) is 12.9. The number of aryl methyl sites for hydroxylation is 2. The van der Waals surface area contributed by atoms with Crippen LogP contribution in [-0.2, 0) is 0 Å². The first-order valence-electron chi connectivity index (χ1n) is 8.22. The van der Waals surface area contributed by atoms with Crippen LogP contribution in [0, 0.1) is 19.7 Å². The predicted molar refractivity (Wildman–Crippen MR) is 100 cm³/mol. The summed E-state index contributed by atoms with van der Waals surface area (Å²) in [6.45, 7) is 3.48. The summed E-state index contributed by atoms with van der Waals surface area (Å²) in [4.78, 5) is 25.0. The third kappa shape index (κ3) is 3.72. The maximum absolute atomic E-state index is 14.1. The van der Waals surface area contributed by atoms with Crippen LogP contribution in [0.4, 0.5) is 10.1 Å². The van der Waals surface area contributed by atoms with Crippen molar-refractivity contribution < 1.29 is 13.9 Å². The second-order valence-electron chi connectivity index (χ2n) is 6.02. The number of nitrogens with zero attached hydrogens (tertiary/aromatic N) is 2. The second kappa shape index (κ2) is 7.41. The summed E-state index contributed by atoms with van der Waals surface area (Å²) in [5.41, 5.74) is 0.997. The van der Waals surface area contributed by atoms with Crippen LogP contribution >= 0.6 is 0 Å². The molecule has 1 aromatic heterocycles. The fourth-order valence-electron chi connectivity index (χ4n) is 2.67. The van der Waals surface area contributed by atoms with Gasteiger partial charge in [0.05, 0.1) is 12.8 Å². The Hall–Kier alpha value is -3.48. The van der Waals surface area contributed by atoms with E-state index >= 15 is 0 Å². The summed E-state index contributed by atoms with van der Waals surface area (Å²) >= 11 is 0. The highest BCUT2D eigenvalue weighted by atomic mass is 19.1. The molecular formula is C20H18FN3O3. The van der Waals surface area contributed by atoms with Crippen LogP contribution in [0.1, 0.15) is 21.7 Å². The van der Waals surface area contributed by atoms with Gasteiger partial charge in [0.1, 0.15) is 17.3 Å². The molecule has 0 spiro atoms. The third-order valence-corrected chi connectivity index (χ3v) is 4.01. The Labute approximate surface area is 155 Å². The largest absolute Gasteiger partial charge is 0.495 e. The zero-order valence-electron chi connectivity index (χ0n) is 15.1. The van der Waals surface area contributed by atoms with Crippen LogP contribution in [0.2, 0.25) is 0 Å². The Morgan fingerprint density at radius 3 is 2.59 bits per heavy atom.